The van der Waals surface area contributed by atoms with Gasteiger partial charge in [0.1, 0.15) is 12.1 Å². The normalized spacial score (nSPS) is 16.3. The van der Waals surface area contributed by atoms with Gasteiger partial charge in [-0.15, -0.1) is 0 Å². The molecule has 0 bridgehead atoms. The number of nitrogens with two attached hydrogens (primary N) is 1. The van der Waals surface area contributed by atoms with E-state index < -0.39 is 23.2 Å². The van der Waals surface area contributed by atoms with Crippen LogP contribution in [0.1, 0.15) is 40.7 Å². The maximum Gasteiger partial charge on any atom is 0.416 e. The first-order valence-corrected chi connectivity index (χ1v) is 7.38. The lowest BCUT2D eigenvalue weighted by Crippen LogP contribution is -2.51. The number of hydrogen-bond donors (Lipinski definition) is 2. The zero-order valence-corrected chi connectivity index (χ0v) is 12.6. The van der Waals surface area contributed by atoms with Crippen LogP contribution in [0.3, 0.4) is 0 Å². The van der Waals surface area contributed by atoms with Gasteiger partial charge in [0, 0.05) is 6.20 Å². The van der Waals surface area contributed by atoms with Crippen molar-refractivity contribution in [1.29, 1.82) is 0 Å². The van der Waals surface area contributed by atoms with Crippen LogP contribution in [0.2, 0.25) is 0 Å². The third-order valence-electron chi connectivity index (χ3n) is 4.29. The number of benzene rings is 1. The van der Waals surface area contributed by atoms with E-state index in [-0.39, 0.29) is 11.4 Å². The second-order valence-corrected chi connectivity index (χ2v) is 5.79. The van der Waals surface area contributed by atoms with Gasteiger partial charge in [-0.1, -0.05) is 12.1 Å². The molecule has 1 saturated carbocycles. The van der Waals surface area contributed by atoms with Gasteiger partial charge >= 0.3 is 6.18 Å². The van der Waals surface area contributed by atoms with E-state index in [1.54, 1.807) is 6.07 Å². The molecule has 5 nitrogen and oxygen atoms in total. The van der Waals surface area contributed by atoms with E-state index in [2.05, 4.69) is 15.3 Å². The van der Waals surface area contributed by atoms with Crippen LogP contribution >= 0.6 is 0 Å². The summed E-state index contributed by atoms with van der Waals surface area (Å²) < 4.78 is 38.8. The number of nitrogen functional groups attached to an aromatic ring is 1. The molecule has 1 heterocycles. The Morgan fingerprint density at radius 2 is 2.04 bits per heavy atom. The van der Waals surface area contributed by atoms with Crippen molar-refractivity contribution in [1.82, 2.24) is 15.3 Å². The van der Waals surface area contributed by atoms with Crippen molar-refractivity contribution in [2.75, 3.05) is 5.73 Å². The smallest absolute Gasteiger partial charge is 0.383 e. The highest BCUT2D eigenvalue weighted by Gasteiger charge is 2.42. The Balaban J connectivity index is 1.91. The molecule has 0 atom stereocenters. The first-order valence-electron chi connectivity index (χ1n) is 7.38. The summed E-state index contributed by atoms with van der Waals surface area (Å²) in [5.74, 6) is -0.466. The molecule has 0 saturated heterocycles. The largest absolute Gasteiger partial charge is 0.416 e. The van der Waals surface area contributed by atoms with Crippen LogP contribution < -0.4 is 11.1 Å². The van der Waals surface area contributed by atoms with Crippen molar-refractivity contribution in [3.63, 3.8) is 0 Å². The van der Waals surface area contributed by atoms with E-state index in [4.69, 9.17) is 5.73 Å². The highest BCUT2D eigenvalue weighted by molar-refractivity contribution is 5.98. The molecule has 0 spiro atoms. The topological polar surface area (TPSA) is 80.9 Å². The molecule has 2 aromatic rings. The quantitative estimate of drug-likeness (QED) is 0.903. The van der Waals surface area contributed by atoms with E-state index in [1.807, 2.05) is 0 Å². The zero-order chi connectivity index (χ0) is 17.4. The molecule has 126 valence electrons. The minimum Gasteiger partial charge on any atom is -0.383 e. The maximum atomic E-state index is 12.9. The first-order chi connectivity index (χ1) is 11.3. The zero-order valence-electron chi connectivity index (χ0n) is 12.6. The minimum atomic E-state index is -4.43. The molecule has 1 fully saturated rings. The van der Waals surface area contributed by atoms with Gasteiger partial charge in [0.25, 0.3) is 5.91 Å². The van der Waals surface area contributed by atoms with Crippen molar-refractivity contribution < 1.29 is 18.0 Å². The summed E-state index contributed by atoms with van der Waals surface area (Å²) in [7, 11) is 0. The second kappa shape index (κ2) is 5.77. The van der Waals surface area contributed by atoms with Crippen molar-refractivity contribution in [3.05, 3.63) is 53.5 Å². The molecule has 24 heavy (non-hydrogen) atoms. The highest BCUT2D eigenvalue weighted by Crippen LogP contribution is 2.43. The van der Waals surface area contributed by atoms with E-state index in [9.17, 15) is 18.0 Å². The van der Waals surface area contributed by atoms with Gasteiger partial charge in [-0.05, 0) is 37.0 Å². The Kier molecular flexibility index (Phi) is 3.90. The highest BCUT2D eigenvalue weighted by atomic mass is 19.4. The number of nitrogens with one attached hydrogen (secondary N) is 1. The summed E-state index contributed by atoms with van der Waals surface area (Å²) in [6.45, 7) is 0. The Labute approximate surface area is 136 Å². The van der Waals surface area contributed by atoms with E-state index in [1.165, 1.54) is 18.6 Å². The summed E-state index contributed by atoms with van der Waals surface area (Å²) in [6, 6.07) is 5.05. The van der Waals surface area contributed by atoms with Crippen LogP contribution in [0, 0.1) is 0 Å². The summed E-state index contributed by atoms with van der Waals surface area (Å²) >= 11 is 0. The first kappa shape index (κ1) is 16.2. The number of carbonyl (C=O) groups excluding carboxylic acids is 1. The lowest BCUT2D eigenvalue weighted by molar-refractivity contribution is -0.137. The number of alkyl halides is 3. The number of nitrogens with zero attached hydrogens (tertiary/aromatic N) is 2. The molecular formula is C16H15F3N4O. The van der Waals surface area contributed by atoms with Gasteiger partial charge in [0.2, 0.25) is 0 Å². The molecule has 8 heteroatoms. The molecule has 1 aromatic carbocycles. The Bertz CT molecular complexity index is 772. The van der Waals surface area contributed by atoms with Gasteiger partial charge in [-0.25, -0.2) is 9.97 Å². The van der Waals surface area contributed by atoms with Crippen molar-refractivity contribution >= 4 is 11.7 Å². The average Bonchev–Trinajstić information content (AvgIpc) is 2.50. The summed E-state index contributed by atoms with van der Waals surface area (Å²) in [5.41, 5.74) is 4.65. The van der Waals surface area contributed by atoms with Crippen molar-refractivity contribution in [2.45, 2.75) is 31.0 Å². The molecule has 0 unspecified atom stereocenters. The fraction of sp³-hybridized carbons (Fsp3) is 0.312. The molecule has 3 N–H and O–H groups in total. The van der Waals surface area contributed by atoms with Gasteiger partial charge in [-0.3, -0.25) is 4.79 Å². The average molecular weight is 336 g/mol. The van der Waals surface area contributed by atoms with E-state index in [0.717, 1.165) is 18.6 Å². The third kappa shape index (κ3) is 2.91. The lowest BCUT2D eigenvalue weighted by atomic mass is 9.71. The number of rotatable bonds is 3. The molecule has 3 rings (SSSR count). The number of amides is 1. The van der Waals surface area contributed by atoms with Crippen LogP contribution in [0.5, 0.6) is 0 Å². The second-order valence-electron chi connectivity index (χ2n) is 5.79. The fourth-order valence-corrected chi connectivity index (χ4v) is 2.81. The molecule has 0 radical (unpaired) electrons. The van der Waals surface area contributed by atoms with Gasteiger partial charge in [-0.2, -0.15) is 13.2 Å². The lowest BCUT2D eigenvalue weighted by Gasteiger charge is -2.43. The SMILES string of the molecule is Nc1ncncc1C(=O)NC1(c2cccc(C(F)(F)F)c2)CCC1. The standard InChI is InChI=1S/C16H15F3N4O/c17-16(18,19)11-4-1-3-10(7-11)15(5-2-6-15)23-14(24)12-8-21-9-22-13(12)20/h1,3-4,7-9H,2,5-6H2,(H,23,24)(H2,20,21,22). The number of aromatic nitrogens is 2. The monoisotopic (exact) mass is 336 g/mol. The number of halogens is 3. The Morgan fingerprint density at radius 1 is 1.29 bits per heavy atom. The minimum absolute atomic E-state index is 0.0287. The Hall–Kier alpha value is -2.64. The molecule has 1 aliphatic carbocycles. The summed E-state index contributed by atoms with van der Waals surface area (Å²) in [6.07, 6.45) is 0.0233. The van der Waals surface area contributed by atoms with Crippen LogP contribution in [-0.4, -0.2) is 15.9 Å². The summed E-state index contributed by atoms with van der Waals surface area (Å²) in [5, 5.41) is 2.82. The molecule has 1 aliphatic rings. The van der Waals surface area contributed by atoms with Crippen LogP contribution in [0.25, 0.3) is 0 Å². The van der Waals surface area contributed by atoms with E-state index in [0.29, 0.717) is 18.4 Å². The number of hydrogen-bond acceptors (Lipinski definition) is 4. The maximum absolute atomic E-state index is 12.9. The predicted molar refractivity (Wildman–Crippen MR) is 80.9 cm³/mol. The molecule has 1 amide bonds. The molecular weight excluding hydrogens is 321 g/mol. The Morgan fingerprint density at radius 3 is 2.62 bits per heavy atom. The van der Waals surface area contributed by atoms with Crippen molar-refractivity contribution in [2.24, 2.45) is 0 Å². The fourth-order valence-electron chi connectivity index (χ4n) is 2.81. The van der Waals surface area contributed by atoms with Gasteiger partial charge < -0.3 is 11.1 Å². The molecule has 0 aliphatic heterocycles. The predicted octanol–water partition coefficient (Wildman–Crippen LogP) is 2.89. The van der Waals surface area contributed by atoms with Crippen LogP contribution in [0.15, 0.2) is 36.8 Å². The van der Waals surface area contributed by atoms with Gasteiger partial charge in [0.15, 0.2) is 0 Å². The number of carbonyl (C=O) groups is 1. The summed E-state index contributed by atoms with van der Waals surface area (Å²) in [4.78, 5) is 19.9. The van der Waals surface area contributed by atoms with Gasteiger partial charge in [0.05, 0.1) is 16.7 Å². The number of anilines is 1. The van der Waals surface area contributed by atoms with E-state index >= 15 is 0 Å². The van der Waals surface area contributed by atoms with Crippen molar-refractivity contribution in [3.8, 4) is 0 Å². The third-order valence-corrected chi connectivity index (χ3v) is 4.29. The van der Waals surface area contributed by atoms with Crippen LogP contribution in [-0.2, 0) is 11.7 Å². The molecule has 1 aromatic heterocycles. The van der Waals surface area contributed by atoms with Crippen LogP contribution in [0.4, 0.5) is 19.0 Å².